The van der Waals surface area contributed by atoms with Gasteiger partial charge in [0.2, 0.25) is 0 Å². The molecule has 0 atom stereocenters. The van der Waals surface area contributed by atoms with Crippen molar-refractivity contribution >= 4 is 28.7 Å². The summed E-state index contributed by atoms with van der Waals surface area (Å²) in [6.07, 6.45) is -4.50. The van der Waals surface area contributed by atoms with Gasteiger partial charge in [0.25, 0.3) is 5.91 Å². The molecule has 1 heterocycles. The minimum Gasteiger partial charge on any atom is -0.275 e. The molecule has 33 heavy (non-hydrogen) atoms. The van der Waals surface area contributed by atoms with E-state index < -0.39 is 11.7 Å². The van der Waals surface area contributed by atoms with Crippen LogP contribution in [0.5, 0.6) is 0 Å². The van der Waals surface area contributed by atoms with Crippen molar-refractivity contribution < 1.29 is 18.0 Å². The van der Waals surface area contributed by atoms with Gasteiger partial charge in [-0.1, -0.05) is 60.7 Å². The maximum Gasteiger partial charge on any atom is 0.416 e. The summed E-state index contributed by atoms with van der Waals surface area (Å²) in [5.74, 6) is -0.390. The number of nitrogens with zero attached hydrogens (tertiary/aromatic N) is 2. The highest BCUT2D eigenvalue weighted by Gasteiger charge is 2.36. The molecule has 1 aliphatic rings. The Morgan fingerprint density at radius 1 is 0.697 bits per heavy atom. The third-order valence-electron chi connectivity index (χ3n) is 5.43. The van der Waals surface area contributed by atoms with Gasteiger partial charge in [-0.2, -0.15) is 13.2 Å². The lowest BCUT2D eigenvalue weighted by molar-refractivity contribution is -0.137. The Morgan fingerprint density at radius 2 is 1.39 bits per heavy atom. The van der Waals surface area contributed by atoms with Gasteiger partial charge in [0.1, 0.15) is 5.71 Å². The Balaban J connectivity index is 1.68. The number of carbonyl (C=O) groups excluding carboxylic acids is 1. The van der Waals surface area contributed by atoms with Gasteiger partial charge in [0.15, 0.2) is 0 Å². The normalized spacial score (nSPS) is 14.6. The highest BCUT2D eigenvalue weighted by atomic mass is 19.4. The SMILES string of the molecule is O=C1/C(=N\c2cccc(C(F)(F)F)c2)c2cc(-c3ccccc3)ccc2N1c1ccccc1. The second-order valence-corrected chi connectivity index (χ2v) is 7.58. The van der Waals surface area contributed by atoms with Crippen LogP contribution in [0.2, 0.25) is 0 Å². The fraction of sp³-hybridized carbons (Fsp3) is 0.0370. The Hall–Kier alpha value is -4.19. The van der Waals surface area contributed by atoms with Crippen molar-refractivity contribution in [2.45, 2.75) is 6.18 Å². The molecule has 0 fully saturated rings. The molecular formula is C27H17F3N2O. The van der Waals surface area contributed by atoms with Crippen molar-refractivity contribution in [2.24, 2.45) is 4.99 Å². The molecule has 3 nitrogen and oxygen atoms in total. The van der Waals surface area contributed by atoms with Gasteiger partial charge in [-0.05, 0) is 53.6 Å². The average molecular weight is 442 g/mol. The number of amides is 1. The summed E-state index contributed by atoms with van der Waals surface area (Å²) < 4.78 is 39.6. The van der Waals surface area contributed by atoms with Crippen molar-refractivity contribution in [2.75, 3.05) is 4.90 Å². The molecule has 0 saturated heterocycles. The summed E-state index contributed by atoms with van der Waals surface area (Å²) in [5.41, 5.74) is 3.07. The van der Waals surface area contributed by atoms with Crippen LogP contribution in [0, 0.1) is 0 Å². The minimum atomic E-state index is -4.50. The predicted molar refractivity (Wildman–Crippen MR) is 123 cm³/mol. The summed E-state index contributed by atoms with van der Waals surface area (Å²) in [6, 6.07) is 29.1. The maximum absolute atomic E-state index is 13.5. The highest BCUT2D eigenvalue weighted by molar-refractivity contribution is 6.56. The molecule has 0 aliphatic carbocycles. The third kappa shape index (κ3) is 3.91. The van der Waals surface area contributed by atoms with E-state index in [2.05, 4.69) is 4.99 Å². The van der Waals surface area contributed by atoms with Crippen LogP contribution in [0.4, 0.5) is 30.2 Å². The van der Waals surface area contributed by atoms with Crippen molar-refractivity contribution in [1.29, 1.82) is 0 Å². The van der Waals surface area contributed by atoms with Crippen LogP contribution in [-0.4, -0.2) is 11.6 Å². The number of hydrogen-bond donors (Lipinski definition) is 0. The number of aliphatic imine (C=N–C) groups is 1. The number of halogens is 3. The van der Waals surface area contributed by atoms with Crippen LogP contribution in [0.3, 0.4) is 0 Å². The Bertz CT molecular complexity index is 1360. The van der Waals surface area contributed by atoms with Crippen molar-refractivity contribution in [1.82, 2.24) is 0 Å². The van der Waals surface area contributed by atoms with Crippen molar-refractivity contribution in [3.05, 3.63) is 114 Å². The van der Waals surface area contributed by atoms with Gasteiger partial charge in [0.05, 0.1) is 16.9 Å². The fourth-order valence-corrected chi connectivity index (χ4v) is 3.88. The van der Waals surface area contributed by atoms with Gasteiger partial charge >= 0.3 is 6.18 Å². The summed E-state index contributed by atoms with van der Waals surface area (Å²) in [7, 11) is 0. The highest BCUT2D eigenvalue weighted by Crippen LogP contribution is 2.39. The second-order valence-electron chi connectivity index (χ2n) is 7.58. The molecular weight excluding hydrogens is 425 g/mol. The largest absolute Gasteiger partial charge is 0.416 e. The van der Waals surface area contributed by atoms with Gasteiger partial charge in [-0.25, -0.2) is 4.99 Å². The number of para-hydroxylation sites is 1. The summed E-state index contributed by atoms with van der Waals surface area (Å²) in [5, 5.41) is 0. The first kappa shape index (κ1) is 20.7. The van der Waals surface area contributed by atoms with Crippen LogP contribution in [0.25, 0.3) is 11.1 Å². The Labute approximate surface area is 188 Å². The van der Waals surface area contributed by atoms with Crippen molar-refractivity contribution in [3.8, 4) is 11.1 Å². The predicted octanol–water partition coefficient (Wildman–Crippen LogP) is 7.17. The lowest BCUT2D eigenvalue weighted by Crippen LogP contribution is -2.25. The zero-order valence-corrected chi connectivity index (χ0v) is 17.3. The number of hydrogen-bond acceptors (Lipinski definition) is 2. The number of benzene rings is 4. The zero-order chi connectivity index (χ0) is 23.0. The molecule has 5 rings (SSSR count). The van der Waals surface area contributed by atoms with E-state index in [1.807, 2.05) is 66.7 Å². The fourth-order valence-electron chi connectivity index (χ4n) is 3.88. The third-order valence-corrected chi connectivity index (χ3v) is 5.43. The average Bonchev–Trinajstić information content (AvgIpc) is 3.10. The molecule has 1 aliphatic heterocycles. The Morgan fingerprint density at radius 3 is 2.09 bits per heavy atom. The monoisotopic (exact) mass is 442 g/mol. The maximum atomic E-state index is 13.5. The first-order chi connectivity index (χ1) is 15.9. The van der Waals surface area contributed by atoms with Crippen LogP contribution in [0.1, 0.15) is 11.1 Å². The first-order valence-electron chi connectivity index (χ1n) is 10.3. The number of rotatable bonds is 3. The lowest BCUT2D eigenvalue weighted by Gasteiger charge is -2.17. The van der Waals surface area contributed by atoms with Gasteiger partial charge in [0, 0.05) is 11.3 Å². The van der Waals surface area contributed by atoms with E-state index in [0.717, 1.165) is 23.3 Å². The topological polar surface area (TPSA) is 32.7 Å². The van der Waals surface area contributed by atoms with Crippen LogP contribution in [0.15, 0.2) is 108 Å². The van der Waals surface area contributed by atoms with E-state index >= 15 is 0 Å². The van der Waals surface area contributed by atoms with E-state index in [4.69, 9.17) is 0 Å². The summed E-state index contributed by atoms with van der Waals surface area (Å²) in [4.78, 5) is 19.4. The van der Waals surface area contributed by atoms with Gasteiger partial charge in [-0.15, -0.1) is 0 Å². The summed E-state index contributed by atoms with van der Waals surface area (Å²) >= 11 is 0. The number of anilines is 2. The van der Waals surface area contributed by atoms with Crippen LogP contribution < -0.4 is 4.90 Å². The molecule has 0 unspecified atom stereocenters. The number of carbonyl (C=O) groups is 1. The number of alkyl halides is 3. The van der Waals surface area contributed by atoms with E-state index in [-0.39, 0.29) is 17.3 Å². The molecule has 0 radical (unpaired) electrons. The first-order valence-corrected chi connectivity index (χ1v) is 10.3. The lowest BCUT2D eigenvalue weighted by atomic mass is 10.0. The van der Waals surface area contributed by atoms with E-state index in [9.17, 15) is 18.0 Å². The standard InChI is InChI=1S/C27H17F3N2O/c28-27(29,30)20-10-7-11-21(17-20)31-25-23-16-19(18-8-3-1-4-9-18)14-15-24(23)32(26(25)33)22-12-5-2-6-13-22/h1-17H/b31-25-. The van der Waals surface area contributed by atoms with Crippen molar-refractivity contribution in [3.63, 3.8) is 0 Å². The van der Waals surface area contributed by atoms with Crippen LogP contribution >= 0.6 is 0 Å². The molecule has 4 aromatic rings. The molecule has 0 spiro atoms. The van der Waals surface area contributed by atoms with Crippen LogP contribution in [-0.2, 0) is 11.0 Å². The number of fused-ring (bicyclic) bond motifs is 1. The van der Waals surface area contributed by atoms with E-state index in [0.29, 0.717) is 16.9 Å². The molecule has 0 bridgehead atoms. The zero-order valence-electron chi connectivity index (χ0n) is 17.3. The molecule has 0 aromatic heterocycles. The minimum absolute atomic E-state index is 0.0687. The molecule has 4 aromatic carbocycles. The molecule has 162 valence electrons. The van der Waals surface area contributed by atoms with Gasteiger partial charge in [-0.3, -0.25) is 9.69 Å². The van der Waals surface area contributed by atoms with E-state index in [1.165, 1.54) is 17.0 Å². The second kappa shape index (κ2) is 8.06. The van der Waals surface area contributed by atoms with E-state index in [1.54, 1.807) is 12.1 Å². The van der Waals surface area contributed by atoms with Gasteiger partial charge < -0.3 is 0 Å². The molecule has 0 N–H and O–H groups in total. The summed E-state index contributed by atoms with van der Waals surface area (Å²) in [6.45, 7) is 0. The smallest absolute Gasteiger partial charge is 0.275 e. The Kier molecular flexibility index (Phi) is 5.05. The molecule has 1 amide bonds. The molecule has 0 saturated carbocycles. The quantitative estimate of drug-likeness (QED) is 0.331. The molecule has 6 heteroatoms.